The maximum Gasteiger partial charge on any atom is 0.416 e. The number of aromatic nitrogens is 1. The molecule has 0 radical (unpaired) electrons. The van der Waals surface area contributed by atoms with Gasteiger partial charge in [0.1, 0.15) is 4.70 Å². The van der Waals surface area contributed by atoms with Crippen LogP contribution in [0, 0.1) is 22.0 Å². The van der Waals surface area contributed by atoms with Gasteiger partial charge in [0.15, 0.2) is 5.13 Å². The van der Waals surface area contributed by atoms with Gasteiger partial charge in [-0.05, 0) is 50.0 Å². The Bertz CT molecular complexity index is 1190. The summed E-state index contributed by atoms with van der Waals surface area (Å²) >= 11 is 0.946. The molecule has 2 atom stereocenters. The number of rotatable bonds is 6. The van der Waals surface area contributed by atoms with Gasteiger partial charge in [0.2, 0.25) is 0 Å². The standard InChI is InChI=1S/C26H33F3N4O3S/c27-26(28,29)18-14-20-23(21(15-18)33(35)36)37-25(31-24(20)34)32-11-10-17(12-16-6-2-1-3-7-16)13-22(32)30-19-8-4-5-9-19/h14-17,19,22,30H,1-13H2. The molecule has 2 aromatic rings. The Balaban J connectivity index is 1.47. The molecular formula is C26H33F3N4O3S. The lowest BCUT2D eigenvalue weighted by molar-refractivity contribution is -0.383. The molecule has 1 N–H and O–H groups in total. The number of benzene rings is 1. The molecule has 2 saturated carbocycles. The van der Waals surface area contributed by atoms with Crippen molar-refractivity contribution in [2.75, 3.05) is 11.4 Å². The van der Waals surface area contributed by atoms with Crippen LogP contribution in [0.15, 0.2) is 16.9 Å². The van der Waals surface area contributed by atoms with Crippen molar-refractivity contribution in [1.29, 1.82) is 0 Å². The molecule has 1 aromatic carbocycles. The van der Waals surface area contributed by atoms with Crippen LogP contribution in [0.25, 0.3) is 10.1 Å². The largest absolute Gasteiger partial charge is 0.416 e. The number of piperidine rings is 1. The van der Waals surface area contributed by atoms with E-state index in [4.69, 9.17) is 0 Å². The number of nitrogens with one attached hydrogen (secondary N) is 1. The molecular weight excluding hydrogens is 505 g/mol. The highest BCUT2D eigenvalue weighted by molar-refractivity contribution is 7.22. The predicted octanol–water partition coefficient (Wildman–Crippen LogP) is 6.63. The van der Waals surface area contributed by atoms with E-state index in [0.29, 0.717) is 35.8 Å². The summed E-state index contributed by atoms with van der Waals surface area (Å²) in [7, 11) is 0. The van der Waals surface area contributed by atoms with Gasteiger partial charge in [0, 0.05) is 18.7 Å². The third-order valence-corrected chi connectivity index (χ3v) is 9.49. The lowest BCUT2D eigenvalue weighted by Gasteiger charge is -2.42. The number of anilines is 1. The summed E-state index contributed by atoms with van der Waals surface area (Å²) in [5, 5.41) is 15.5. The fourth-order valence-electron chi connectivity index (χ4n) is 6.46. The third-order valence-electron chi connectivity index (χ3n) is 8.35. The summed E-state index contributed by atoms with van der Waals surface area (Å²) in [4.78, 5) is 30.0. The van der Waals surface area contributed by atoms with Crippen LogP contribution in [-0.4, -0.2) is 28.7 Å². The van der Waals surface area contributed by atoms with Gasteiger partial charge in [-0.2, -0.15) is 18.2 Å². The molecule has 2 heterocycles. The number of hydrogen-bond acceptors (Lipinski definition) is 7. The summed E-state index contributed by atoms with van der Waals surface area (Å²) in [6.45, 7) is 0.657. The number of halogens is 3. The first-order valence-corrected chi connectivity index (χ1v) is 14.2. The molecule has 7 nitrogen and oxygen atoms in total. The second-order valence-corrected chi connectivity index (χ2v) is 11.9. The highest BCUT2D eigenvalue weighted by atomic mass is 32.1. The highest BCUT2D eigenvalue weighted by Gasteiger charge is 2.36. The number of fused-ring (bicyclic) bond motifs is 1. The Kier molecular flexibility index (Phi) is 7.72. The lowest BCUT2D eigenvalue weighted by atomic mass is 9.79. The summed E-state index contributed by atoms with van der Waals surface area (Å²) in [5.74, 6) is 1.32. The van der Waals surface area contributed by atoms with E-state index in [0.717, 1.165) is 42.9 Å². The monoisotopic (exact) mass is 538 g/mol. The zero-order valence-electron chi connectivity index (χ0n) is 20.8. The summed E-state index contributed by atoms with van der Waals surface area (Å²) in [6.07, 6.45) is 9.22. The second kappa shape index (κ2) is 10.8. The smallest absolute Gasteiger partial charge is 0.332 e. The highest BCUT2D eigenvalue weighted by Crippen LogP contribution is 2.41. The van der Waals surface area contributed by atoms with Crippen molar-refractivity contribution in [3.05, 3.63) is 38.2 Å². The normalized spacial score (nSPS) is 24.1. The first-order chi connectivity index (χ1) is 17.7. The predicted molar refractivity (Wildman–Crippen MR) is 138 cm³/mol. The van der Waals surface area contributed by atoms with E-state index in [1.807, 2.05) is 4.90 Å². The van der Waals surface area contributed by atoms with Crippen molar-refractivity contribution >= 4 is 32.2 Å². The van der Waals surface area contributed by atoms with Crippen molar-refractivity contribution in [3.63, 3.8) is 0 Å². The van der Waals surface area contributed by atoms with Crippen LogP contribution in [0.5, 0.6) is 0 Å². The summed E-state index contributed by atoms with van der Waals surface area (Å²) in [6, 6.07) is 1.58. The minimum Gasteiger partial charge on any atom is -0.332 e. The van der Waals surface area contributed by atoms with Crippen LogP contribution in [0.1, 0.15) is 82.6 Å². The number of nitrogens with zero attached hydrogens (tertiary/aromatic N) is 3. The van der Waals surface area contributed by atoms with Crippen molar-refractivity contribution in [2.45, 2.75) is 95.4 Å². The average molecular weight is 539 g/mol. The Labute approximate surface area is 217 Å². The molecule has 1 saturated heterocycles. The quantitative estimate of drug-likeness (QED) is 0.328. The maximum absolute atomic E-state index is 13.4. The number of hydrogen-bond donors (Lipinski definition) is 1. The molecule has 3 aliphatic rings. The summed E-state index contributed by atoms with van der Waals surface area (Å²) < 4.78 is 40.0. The fourth-order valence-corrected chi connectivity index (χ4v) is 7.60. The van der Waals surface area contributed by atoms with E-state index < -0.39 is 27.9 Å². The topological polar surface area (TPSA) is 88.4 Å². The molecule has 2 aliphatic carbocycles. The minimum absolute atomic E-state index is 0.0560. The SMILES string of the molecule is O=c1nc(N2CCC(CC3CCCCC3)CC2NC2CCCC2)sc2c([N+](=O)[O-])cc(C(F)(F)F)cc12. The number of nitro groups is 1. The van der Waals surface area contributed by atoms with Gasteiger partial charge < -0.3 is 4.90 Å². The van der Waals surface area contributed by atoms with Crippen LogP contribution >= 0.6 is 11.3 Å². The molecule has 37 heavy (non-hydrogen) atoms. The van der Waals surface area contributed by atoms with Gasteiger partial charge in [0.05, 0.1) is 22.0 Å². The number of alkyl halides is 3. The van der Waals surface area contributed by atoms with E-state index in [1.54, 1.807) is 0 Å². The number of nitro benzene ring substituents is 1. The molecule has 0 amide bonds. The molecule has 0 bridgehead atoms. The first kappa shape index (κ1) is 26.3. The van der Waals surface area contributed by atoms with E-state index in [1.165, 1.54) is 51.4 Å². The molecule has 5 rings (SSSR count). The van der Waals surface area contributed by atoms with Crippen molar-refractivity contribution in [1.82, 2.24) is 10.3 Å². The Morgan fingerprint density at radius 1 is 1.05 bits per heavy atom. The molecule has 3 fully saturated rings. The molecule has 11 heteroatoms. The van der Waals surface area contributed by atoms with Gasteiger partial charge in [0.25, 0.3) is 11.2 Å². The van der Waals surface area contributed by atoms with Gasteiger partial charge in [-0.1, -0.05) is 56.3 Å². The summed E-state index contributed by atoms with van der Waals surface area (Å²) in [5.41, 5.74) is -2.78. The van der Waals surface area contributed by atoms with Gasteiger partial charge in [-0.15, -0.1) is 0 Å². The second-order valence-electron chi connectivity index (χ2n) is 10.9. The van der Waals surface area contributed by atoms with E-state index >= 15 is 0 Å². The lowest BCUT2D eigenvalue weighted by Crippen LogP contribution is -2.54. The van der Waals surface area contributed by atoms with Crippen LogP contribution < -0.4 is 15.8 Å². The van der Waals surface area contributed by atoms with Gasteiger partial charge in [-0.25, -0.2) is 0 Å². The molecule has 1 aliphatic heterocycles. The van der Waals surface area contributed by atoms with E-state index in [-0.39, 0.29) is 16.3 Å². The maximum atomic E-state index is 13.4. The Hall–Kier alpha value is -2.27. The van der Waals surface area contributed by atoms with E-state index in [2.05, 4.69) is 10.3 Å². The average Bonchev–Trinajstić information content (AvgIpc) is 3.37. The first-order valence-electron chi connectivity index (χ1n) is 13.4. The zero-order valence-corrected chi connectivity index (χ0v) is 21.6. The minimum atomic E-state index is -4.80. The zero-order chi connectivity index (χ0) is 26.2. The number of non-ortho nitro benzene ring substituents is 1. The van der Waals surface area contributed by atoms with E-state index in [9.17, 15) is 28.1 Å². The fraction of sp³-hybridized carbons (Fsp3) is 0.692. The van der Waals surface area contributed by atoms with Crippen LogP contribution in [-0.2, 0) is 6.18 Å². The van der Waals surface area contributed by atoms with Crippen LogP contribution in [0.4, 0.5) is 24.0 Å². The van der Waals surface area contributed by atoms with Gasteiger partial charge >= 0.3 is 6.18 Å². The Morgan fingerprint density at radius 3 is 2.43 bits per heavy atom. The molecule has 202 valence electrons. The van der Waals surface area contributed by atoms with Crippen molar-refractivity contribution in [2.24, 2.45) is 11.8 Å². The van der Waals surface area contributed by atoms with Gasteiger partial charge in [-0.3, -0.25) is 20.2 Å². The van der Waals surface area contributed by atoms with Crippen LogP contribution in [0.2, 0.25) is 0 Å². The third kappa shape index (κ3) is 5.92. The molecule has 1 aromatic heterocycles. The Morgan fingerprint density at radius 2 is 1.76 bits per heavy atom. The molecule has 2 unspecified atom stereocenters. The van der Waals surface area contributed by atoms with Crippen molar-refractivity contribution < 1.29 is 18.1 Å². The van der Waals surface area contributed by atoms with Crippen molar-refractivity contribution in [3.8, 4) is 0 Å². The van der Waals surface area contributed by atoms with Crippen LogP contribution in [0.3, 0.4) is 0 Å². The molecule has 0 spiro atoms.